The molecule has 6 rings (SSSR count). The Balaban J connectivity index is 1.34. The predicted octanol–water partition coefficient (Wildman–Crippen LogP) is 4.02. The number of aromatic nitrogens is 5. The Morgan fingerprint density at radius 3 is 2.59 bits per heavy atom. The van der Waals surface area contributed by atoms with Crippen LogP contribution >= 0.6 is 11.3 Å². The number of pyridine rings is 1. The summed E-state index contributed by atoms with van der Waals surface area (Å²) in [7, 11) is 0. The Morgan fingerprint density at radius 1 is 1.06 bits per heavy atom. The van der Waals surface area contributed by atoms with Crippen LogP contribution in [0.3, 0.4) is 0 Å². The minimum Gasteiger partial charge on any atom is -0.355 e. The van der Waals surface area contributed by atoms with Gasteiger partial charge in [-0.1, -0.05) is 6.07 Å². The van der Waals surface area contributed by atoms with Crippen LogP contribution in [0.4, 0.5) is 5.82 Å². The second kappa shape index (κ2) is 7.08. The molecule has 4 aromatic heterocycles. The van der Waals surface area contributed by atoms with Gasteiger partial charge in [0.15, 0.2) is 5.82 Å². The first-order valence-corrected chi connectivity index (χ1v) is 12.0. The van der Waals surface area contributed by atoms with Crippen molar-refractivity contribution in [3.8, 4) is 10.6 Å². The van der Waals surface area contributed by atoms with Crippen LogP contribution in [0.15, 0.2) is 30.6 Å². The highest BCUT2D eigenvalue weighted by molar-refractivity contribution is 7.15. The van der Waals surface area contributed by atoms with Crippen molar-refractivity contribution in [1.29, 1.82) is 0 Å². The minimum absolute atomic E-state index is 0.0675. The molecule has 4 aromatic rings. The van der Waals surface area contributed by atoms with Gasteiger partial charge in [-0.3, -0.25) is 4.98 Å². The smallest absolute Gasteiger partial charge is 0.155 e. The zero-order valence-corrected chi connectivity index (χ0v) is 19.5. The lowest BCUT2D eigenvalue weighted by molar-refractivity contribution is 0.187. The molecule has 1 atom stereocenters. The van der Waals surface area contributed by atoms with Crippen LogP contribution in [0.1, 0.15) is 46.5 Å². The molecule has 1 aliphatic heterocycles. The van der Waals surface area contributed by atoms with Crippen molar-refractivity contribution in [3.05, 3.63) is 58.2 Å². The zero-order chi connectivity index (χ0) is 22.0. The van der Waals surface area contributed by atoms with Gasteiger partial charge in [-0.15, -0.1) is 11.3 Å². The highest BCUT2D eigenvalue weighted by Crippen LogP contribution is 2.50. The summed E-state index contributed by atoms with van der Waals surface area (Å²) >= 11 is 1.70. The maximum Gasteiger partial charge on any atom is 0.155 e. The van der Waals surface area contributed by atoms with Crippen molar-refractivity contribution < 1.29 is 0 Å². The standard InChI is InChI=1S/C24H27N7S/c1-14-20(21-15(2)28-16(3)32-21)31-19(6-10-27-31)23(29-14)30-11-7-24(8-12-30)13-18-17(22(24)25)5-4-9-26-18/h4-6,9-10,22H,7-8,11-13,25H2,1-3H3/t22-/m1/s1. The van der Waals surface area contributed by atoms with Gasteiger partial charge in [0.1, 0.15) is 11.2 Å². The van der Waals surface area contributed by atoms with E-state index in [0.717, 1.165) is 70.7 Å². The van der Waals surface area contributed by atoms with E-state index < -0.39 is 0 Å². The van der Waals surface area contributed by atoms with E-state index >= 15 is 0 Å². The lowest BCUT2D eigenvalue weighted by Crippen LogP contribution is -2.44. The van der Waals surface area contributed by atoms with E-state index in [2.05, 4.69) is 45.9 Å². The number of anilines is 1. The van der Waals surface area contributed by atoms with Crippen LogP contribution in [-0.4, -0.2) is 37.7 Å². The summed E-state index contributed by atoms with van der Waals surface area (Å²) in [5.74, 6) is 1.01. The van der Waals surface area contributed by atoms with Crippen molar-refractivity contribution in [1.82, 2.24) is 24.6 Å². The van der Waals surface area contributed by atoms with E-state index in [-0.39, 0.29) is 11.5 Å². The molecule has 2 N–H and O–H groups in total. The fourth-order valence-corrected chi connectivity index (χ4v) is 6.63. The molecule has 2 aliphatic rings. The molecule has 1 spiro atoms. The largest absolute Gasteiger partial charge is 0.355 e. The van der Waals surface area contributed by atoms with Gasteiger partial charge in [0.25, 0.3) is 0 Å². The van der Waals surface area contributed by atoms with Crippen molar-refractivity contribution >= 4 is 22.7 Å². The molecule has 5 heterocycles. The summed E-state index contributed by atoms with van der Waals surface area (Å²) in [4.78, 5) is 17.9. The van der Waals surface area contributed by atoms with Crippen LogP contribution in [0, 0.1) is 26.2 Å². The van der Waals surface area contributed by atoms with Gasteiger partial charge in [0.05, 0.1) is 27.5 Å². The molecule has 1 fully saturated rings. The summed E-state index contributed by atoms with van der Waals surface area (Å²) < 4.78 is 2.04. The monoisotopic (exact) mass is 445 g/mol. The van der Waals surface area contributed by atoms with Crippen LogP contribution in [0.5, 0.6) is 0 Å². The number of fused-ring (bicyclic) bond motifs is 2. The van der Waals surface area contributed by atoms with Crippen molar-refractivity contribution in [2.24, 2.45) is 11.1 Å². The predicted molar refractivity (Wildman–Crippen MR) is 127 cm³/mol. The molecule has 0 aromatic carbocycles. The van der Waals surface area contributed by atoms with E-state index in [0.29, 0.717) is 0 Å². The number of aryl methyl sites for hydroxylation is 3. The number of thiazole rings is 1. The zero-order valence-electron chi connectivity index (χ0n) is 18.7. The molecule has 0 amide bonds. The molecule has 0 bridgehead atoms. The molecule has 1 saturated heterocycles. The van der Waals surface area contributed by atoms with Crippen molar-refractivity contribution in [2.45, 2.75) is 46.1 Å². The Morgan fingerprint density at radius 2 is 1.88 bits per heavy atom. The molecule has 0 radical (unpaired) electrons. The maximum atomic E-state index is 6.75. The Bertz CT molecular complexity index is 1330. The number of hydrogen-bond donors (Lipinski definition) is 1. The molecule has 7 nitrogen and oxygen atoms in total. The first-order valence-electron chi connectivity index (χ1n) is 11.2. The summed E-state index contributed by atoms with van der Waals surface area (Å²) in [6.45, 7) is 8.06. The third-order valence-corrected chi connectivity index (χ3v) is 8.40. The first kappa shape index (κ1) is 19.8. The second-order valence-corrected chi connectivity index (χ2v) is 10.4. The third kappa shape index (κ3) is 2.82. The molecule has 0 unspecified atom stereocenters. The van der Waals surface area contributed by atoms with Crippen LogP contribution < -0.4 is 10.6 Å². The number of nitrogens with zero attached hydrogens (tertiary/aromatic N) is 6. The first-order chi connectivity index (χ1) is 15.5. The van der Waals surface area contributed by atoms with Gasteiger partial charge in [-0.2, -0.15) is 5.10 Å². The average molecular weight is 446 g/mol. The van der Waals surface area contributed by atoms with Gasteiger partial charge in [-0.05, 0) is 63.1 Å². The summed E-state index contributed by atoms with van der Waals surface area (Å²) in [6.07, 6.45) is 6.82. The van der Waals surface area contributed by atoms with Gasteiger partial charge >= 0.3 is 0 Å². The number of rotatable bonds is 2. The second-order valence-electron chi connectivity index (χ2n) is 9.19. The number of hydrogen-bond acceptors (Lipinski definition) is 7. The molecule has 1 aliphatic carbocycles. The minimum atomic E-state index is 0.0675. The molecule has 164 valence electrons. The van der Waals surface area contributed by atoms with Gasteiger partial charge in [-0.25, -0.2) is 14.5 Å². The van der Waals surface area contributed by atoms with Crippen molar-refractivity contribution in [2.75, 3.05) is 18.0 Å². The molecule has 8 heteroatoms. The third-order valence-electron chi connectivity index (χ3n) is 7.32. The lowest BCUT2D eigenvalue weighted by Gasteiger charge is -2.42. The van der Waals surface area contributed by atoms with Crippen LogP contribution in [0.2, 0.25) is 0 Å². The van der Waals surface area contributed by atoms with Crippen LogP contribution in [-0.2, 0) is 6.42 Å². The van der Waals surface area contributed by atoms with Crippen LogP contribution in [0.25, 0.3) is 16.1 Å². The Kier molecular flexibility index (Phi) is 4.39. The molecule has 32 heavy (non-hydrogen) atoms. The highest BCUT2D eigenvalue weighted by atomic mass is 32.1. The molecular formula is C24H27N7S. The van der Waals surface area contributed by atoms with Crippen molar-refractivity contribution in [3.63, 3.8) is 0 Å². The SMILES string of the molecule is Cc1nc(C)c(-c2c(C)nc(N3CCC4(CC3)Cc3ncccc3[C@H]4N)c3ccnn23)s1. The van der Waals surface area contributed by atoms with E-state index in [9.17, 15) is 0 Å². The van der Waals surface area contributed by atoms with E-state index in [1.807, 2.05) is 29.9 Å². The molecule has 0 saturated carbocycles. The van der Waals surface area contributed by atoms with Gasteiger partial charge < -0.3 is 10.6 Å². The number of nitrogens with two attached hydrogens (primary N) is 1. The van der Waals surface area contributed by atoms with Gasteiger partial charge in [0.2, 0.25) is 0 Å². The number of piperidine rings is 1. The highest BCUT2D eigenvalue weighted by Gasteiger charge is 2.46. The van der Waals surface area contributed by atoms with Gasteiger partial charge in [0, 0.05) is 31.0 Å². The topological polar surface area (TPSA) is 85.2 Å². The van der Waals surface area contributed by atoms with E-state index in [1.165, 1.54) is 11.3 Å². The summed E-state index contributed by atoms with van der Waals surface area (Å²) in [5, 5.41) is 5.73. The fourth-order valence-electron chi connectivity index (χ4n) is 5.62. The lowest BCUT2D eigenvalue weighted by atomic mass is 9.73. The fraction of sp³-hybridized carbons (Fsp3) is 0.417. The normalized spacial score (nSPS) is 19.8. The average Bonchev–Trinajstić information content (AvgIpc) is 3.46. The summed E-state index contributed by atoms with van der Waals surface area (Å²) in [6, 6.07) is 6.29. The van der Waals surface area contributed by atoms with E-state index in [4.69, 9.17) is 10.7 Å². The molecular weight excluding hydrogens is 418 g/mol. The maximum absolute atomic E-state index is 6.75. The van der Waals surface area contributed by atoms with E-state index in [1.54, 1.807) is 11.3 Å². The Labute approximate surface area is 191 Å². The quantitative estimate of drug-likeness (QED) is 0.502. The summed E-state index contributed by atoms with van der Waals surface area (Å²) in [5.41, 5.74) is 13.4. The Hall–Kier alpha value is -2.84.